The molecule has 2 aliphatic rings. The maximum Gasteiger partial charge on any atom is 0.230 e. The minimum Gasteiger partial charge on any atom is -0.369 e. The van der Waals surface area contributed by atoms with Crippen LogP contribution < -0.4 is 5.32 Å². The van der Waals surface area contributed by atoms with Crippen molar-refractivity contribution in [2.24, 2.45) is 0 Å². The Morgan fingerprint density at radius 1 is 1.25 bits per heavy atom. The molecule has 2 aromatic rings. The van der Waals surface area contributed by atoms with Crippen molar-refractivity contribution >= 4 is 11.7 Å². The zero-order valence-electron chi connectivity index (χ0n) is 14.0. The number of aromatic nitrogens is 2. The van der Waals surface area contributed by atoms with Gasteiger partial charge in [0.15, 0.2) is 0 Å². The fourth-order valence-corrected chi connectivity index (χ4v) is 3.82. The van der Waals surface area contributed by atoms with Crippen LogP contribution in [0.4, 0.5) is 5.82 Å². The number of carbonyl (C=O) groups is 1. The van der Waals surface area contributed by atoms with Gasteiger partial charge in [0, 0.05) is 26.1 Å². The summed E-state index contributed by atoms with van der Waals surface area (Å²) in [5.41, 5.74) is 4.68. The topological polar surface area (TPSA) is 58.1 Å². The predicted molar refractivity (Wildman–Crippen MR) is 92.8 cm³/mol. The molecule has 0 spiro atoms. The Bertz CT molecular complexity index is 774. The van der Waals surface area contributed by atoms with Crippen molar-refractivity contribution in [1.82, 2.24) is 15.1 Å². The summed E-state index contributed by atoms with van der Waals surface area (Å²) < 4.78 is 0. The zero-order chi connectivity index (χ0) is 16.5. The van der Waals surface area contributed by atoms with E-state index in [4.69, 9.17) is 0 Å². The van der Waals surface area contributed by atoms with Crippen LogP contribution in [-0.2, 0) is 24.2 Å². The Balaban J connectivity index is 1.54. The third-order valence-corrected chi connectivity index (χ3v) is 5.04. The second kappa shape index (κ2) is 6.23. The van der Waals surface area contributed by atoms with Gasteiger partial charge in [-0.1, -0.05) is 24.3 Å². The first-order chi connectivity index (χ1) is 11.8. The quantitative estimate of drug-likeness (QED) is 0.943. The van der Waals surface area contributed by atoms with Crippen LogP contribution in [0.15, 0.2) is 30.3 Å². The molecule has 1 amide bonds. The molecular formula is C19H22N4O. The highest BCUT2D eigenvalue weighted by Gasteiger charge is 2.33. The summed E-state index contributed by atoms with van der Waals surface area (Å²) >= 11 is 0. The van der Waals surface area contributed by atoms with Gasteiger partial charge in [-0.25, -0.2) is 0 Å². The first kappa shape index (κ1) is 15.1. The van der Waals surface area contributed by atoms with Crippen LogP contribution >= 0.6 is 0 Å². The van der Waals surface area contributed by atoms with E-state index in [0.717, 1.165) is 49.4 Å². The molecule has 0 saturated carbocycles. The first-order valence-corrected chi connectivity index (χ1v) is 8.72. The molecule has 2 heterocycles. The van der Waals surface area contributed by atoms with Crippen molar-refractivity contribution in [2.75, 3.05) is 18.4 Å². The predicted octanol–water partition coefficient (Wildman–Crippen LogP) is 2.52. The van der Waals surface area contributed by atoms with Gasteiger partial charge in [0.1, 0.15) is 5.82 Å². The van der Waals surface area contributed by atoms with Crippen LogP contribution in [-0.4, -0.2) is 34.1 Å². The molecule has 1 aromatic heterocycles. The average Bonchev–Trinajstić information content (AvgIpc) is 3.05. The standard InChI is InChI=1S/C19H22N4O/c1-2-20-18-11-14-12-23(10-9-17(14)21-22-18)19(24)16-8-7-13-5-3-4-6-15(13)16/h3-6,11,16H,2,7-10,12H2,1H3,(H,20,22). The van der Waals surface area contributed by atoms with Crippen LogP contribution in [0.2, 0.25) is 0 Å². The Morgan fingerprint density at radius 3 is 3.00 bits per heavy atom. The number of benzene rings is 1. The van der Waals surface area contributed by atoms with E-state index in [1.54, 1.807) is 0 Å². The molecule has 1 aromatic carbocycles. The van der Waals surface area contributed by atoms with Crippen molar-refractivity contribution < 1.29 is 4.79 Å². The van der Waals surface area contributed by atoms with E-state index in [1.807, 2.05) is 24.0 Å². The number of nitrogens with zero attached hydrogens (tertiary/aromatic N) is 3. The Labute approximate surface area is 142 Å². The number of hydrogen-bond acceptors (Lipinski definition) is 4. The smallest absolute Gasteiger partial charge is 0.230 e. The highest BCUT2D eigenvalue weighted by Crippen LogP contribution is 2.35. The number of amides is 1. The zero-order valence-corrected chi connectivity index (χ0v) is 14.0. The summed E-state index contributed by atoms with van der Waals surface area (Å²) in [4.78, 5) is 15.1. The summed E-state index contributed by atoms with van der Waals surface area (Å²) in [5.74, 6) is 1.06. The first-order valence-electron chi connectivity index (χ1n) is 8.72. The van der Waals surface area contributed by atoms with E-state index in [0.29, 0.717) is 6.54 Å². The molecule has 1 N–H and O–H groups in total. The van der Waals surface area contributed by atoms with Crippen LogP contribution in [0.1, 0.15) is 41.6 Å². The average molecular weight is 322 g/mol. The molecule has 0 saturated heterocycles. The minimum atomic E-state index is 0.0192. The second-order valence-corrected chi connectivity index (χ2v) is 6.53. The number of aryl methyl sites for hydroxylation is 1. The highest BCUT2D eigenvalue weighted by molar-refractivity contribution is 5.85. The fraction of sp³-hybridized carbons (Fsp3) is 0.421. The van der Waals surface area contributed by atoms with E-state index in [1.165, 1.54) is 11.1 Å². The maximum atomic E-state index is 13.1. The van der Waals surface area contributed by atoms with Gasteiger partial charge in [-0.05, 0) is 42.5 Å². The normalized spacial score (nSPS) is 18.9. The monoisotopic (exact) mass is 322 g/mol. The van der Waals surface area contributed by atoms with Crippen molar-refractivity contribution in [2.45, 2.75) is 38.6 Å². The van der Waals surface area contributed by atoms with Gasteiger partial charge in [-0.2, -0.15) is 5.10 Å². The SMILES string of the molecule is CCNc1cc2c(nn1)CCN(C(=O)C1CCc3ccccc31)C2. The molecule has 5 heteroatoms. The number of anilines is 1. The molecule has 0 radical (unpaired) electrons. The van der Waals surface area contributed by atoms with E-state index in [-0.39, 0.29) is 11.8 Å². The van der Waals surface area contributed by atoms with E-state index in [2.05, 4.69) is 33.7 Å². The number of fused-ring (bicyclic) bond motifs is 2. The molecule has 1 aliphatic heterocycles. The number of rotatable bonds is 3. The van der Waals surface area contributed by atoms with Gasteiger partial charge < -0.3 is 10.2 Å². The summed E-state index contributed by atoms with van der Waals surface area (Å²) in [6, 6.07) is 10.4. The third-order valence-electron chi connectivity index (χ3n) is 5.04. The molecule has 1 atom stereocenters. The molecule has 0 fully saturated rings. The van der Waals surface area contributed by atoms with Gasteiger partial charge in [-0.3, -0.25) is 4.79 Å². The van der Waals surface area contributed by atoms with E-state index >= 15 is 0 Å². The van der Waals surface area contributed by atoms with Gasteiger partial charge in [0.05, 0.1) is 11.6 Å². The second-order valence-electron chi connectivity index (χ2n) is 6.53. The van der Waals surface area contributed by atoms with Gasteiger partial charge in [0.2, 0.25) is 5.91 Å². The Kier molecular flexibility index (Phi) is 3.92. The summed E-state index contributed by atoms with van der Waals surface area (Å²) in [5, 5.41) is 11.7. The Morgan fingerprint density at radius 2 is 2.12 bits per heavy atom. The van der Waals surface area contributed by atoms with Crippen molar-refractivity contribution in [3.8, 4) is 0 Å². The molecule has 5 nitrogen and oxygen atoms in total. The van der Waals surface area contributed by atoms with Crippen molar-refractivity contribution in [3.05, 3.63) is 52.7 Å². The molecule has 0 bridgehead atoms. The van der Waals surface area contributed by atoms with Crippen molar-refractivity contribution in [3.63, 3.8) is 0 Å². The summed E-state index contributed by atoms with van der Waals surface area (Å²) in [6.45, 7) is 4.23. The minimum absolute atomic E-state index is 0.0192. The van der Waals surface area contributed by atoms with E-state index < -0.39 is 0 Å². The lowest BCUT2D eigenvalue weighted by Crippen LogP contribution is -2.39. The van der Waals surface area contributed by atoms with Crippen molar-refractivity contribution in [1.29, 1.82) is 0 Å². The summed E-state index contributed by atoms with van der Waals surface area (Å²) in [7, 11) is 0. The number of nitrogens with one attached hydrogen (secondary N) is 1. The molecule has 24 heavy (non-hydrogen) atoms. The molecule has 4 rings (SSSR count). The number of carbonyl (C=O) groups excluding carboxylic acids is 1. The molecular weight excluding hydrogens is 300 g/mol. The van der Waals surface area contributed by atoms with Gasteiger partial charge in [-0.15, -0.1) is 5.10 Å². The molecule has 124 valence electrons. The summed E-state index contributed by atoms with van der Waals surface area (Å²) in [6.07, 6.45) is 2.72. The Hall–Kier alpha value is -2.43. The fourth-order valence-electron chi connectivity index (χ4n) is 3.82. The molecule has 1 aliphatic carbocycles. The number of hydrogen-bond donors (Lipinski definition) is 1. The van der Waals surface area contributed by atoms with Crippen LogP contribution in [0, 0.1) is 0 Å². The lowest BCUT2D eigenvalue weighted by molar-refractivity contribution is -0.133. The lowest BCUT2D eigenvalue weighted by Gasteiger charge is -2.30. The van der Waals surface area contributed by atoms with Crippen LogP contribution in [0.3, 0.4) is 0 Å². The maximum absolute atomic E-state index is 13.1. The third kappa shape index (κ3) is 2.64. The van der Waals surface area contributed by atoms with Crippen LogP contribution in [0.5, 0.6) is 0 Å². The molecule has 1 unspecified atom stereocenters. The van der Waals surface area contributed by atoms with Gasteiger partial charge >= 0.3 is 0 Å². The highest BCUT2D eigenvalue weighted by atomic mass is 16.2. The van der Waals surface area contributed by atoms with Crippen LogP contribution in [0.25, 0.3) is 0 Å². The van der Waals surface area contributed by atoms with E-state index in [9.17, 15) is 4.79 Å². The van der Waals surface area contributed by atoms with Gasteiger partial charge in [0.25, 0.3) is 0 Å². The largest absolute Gasteiger partial charge is 0.369 e. The lowest BCUT2D eigenvalue weighted by atomic mass is 9.98.